The van der Waals surface area contributed by atoms with Crippen LogP contribution in [0.5, 0.6) is 0 Å². The highest BCUT2D eigenvalue weighted by Crippen LogP contribution is 2.28. The average molecular weight is 370 g/mol. The number of hydrogen-bond donors (Lipinski definition) is 1. The van der Waals surface area contributed by atoms with E-state index in [1.54, 1.807) is 29.9 Å². The Kier molecular flexibility index (Phi) is 4.37. The van der Waals surface area contributed by atoms with Crippen LogP contribution in [0.4, 0.5) is 5.00 Å². The molecular weight excluding hydrogens is 356 g/mol. The molecule has 27 heavy (non-hydrogen) atoms. The van der Waals surface area contributed by atoms with Gasteiger partial charge in [0.25, 0.3) is 5.91 Å². The number of pyridine rings is 2. The summed E-state index contributed by atoms with van der Waals surface area (Å²) >= 11 is 1.33. The van der Waals surface area contributed by atoms with Crippen molar-refractivity contribution in [2.75, 3.05) is 5.32 Å². The highest BCUT2D eigenvalue weighted by Gasteiger charge is 2.16. The molecule has 0 saturated heterocycles. The molecule has 0 saturated carbocycles. The molecule has 4 aromatic rings. The zero-order valence-corrected chi connectivity index (χ0v) is 15.2. The van der Waals surface area contributed by atoms with Gasteiger partial charge in [-0.3, -0.25) is 9.78 Å². The number of rotatable bonds is 3. The molecule has 0 aliphatic heterocycles. The van der Waals surface area contributed by atoms with E-state index in [1.807, 2.05) is 37.3 Å². The molecule has 0 unspecified atom stereocenters. The Balaban J connectivity index is 1.86. The molecule has 1 amide bonds. The maximum absolute atomic E-state index is 13.0. The summed E-state index contributed by atoms with van der Waals surface area (Å²) in [4.78, 5) is 21.8. The number of hydrogen-bond acceptors (Lipinski definition) is 5. The molecule has 6 heteroatoms. The number of aromatic nitrogens is 2. The number of nitrogens with zero attached hydrogens (tertiary/aromatic N) is 3. The standard InChI is InChI=1S/C21H14N4OS/c1-13-2-3-18-16(10-13)17(11-19(24-18)14-4-7-23-8-5-14)20(26)25-21-15(12-22)6-9-27-21/h2-11H,1H3,(H,25,26). The molecule has 0 aliphatic rings. The highest BCUT2D eigenvalue weighted by molar-refractivity contribution is 7.14. The highest BCUT2D eigenvalue weighted by atomic mass is 32.1. The lowest BCUT2D eigenvalue weighted by Gasteiger charge is -2.11. The number of carbonyl (C=O) groups excluding carboxylic acids is 1. The minimum absolute atomic E-state index is 0.262. The molecule has 0 radical (unpaired) electrons. The van der Waals surface area contributed by atoms with Gasteiger partial charge in [-0.05, 0) is 48.7 Å². The zero-order valence-electron chi connectivity index (χ0n) is 14.4. The third kappa shape index (κ3) is 3.28. The number of thiophene rings is 1. The van der Waals surface area contributed by atoms with Gasteiger partial charge in [0.1, 0.15) is 11.1 Å². The van der Waals surface area contributed by atoms with Gasteiger partial charge in [0.2, 0.25) is 0 Å². The topological polar surface area (TPSA) is 78.7 Å². The smallest absolute Gasteiger partial charge is 0.257 e. The van der Waals surface area contributed by atoms with Crippen LogP contribution in [0.1, 0.15) is 21.5 Å². The van der Waals surface area contributed by atoms with E-state index >= 15 is 0 Å². The summed E-state index contributed by atoms with van der Waals surface area (Å²) in [5.41, 5.74) is 4.35. The number of anilines is 1. The lowest BCUT2D eigenvalue weighted by Crippen LogP contribution is -2.13. The molecule has 3 heterocycles. The first-order valence-electron chi connectivity index (χ1n) is 8.26. The van der Waals surface area contributed by atoms with Crippen molar-refractivity contribution >= 4 is 33.1 Å². The summed E-state index contributed by atoms with van der Waals surface area (Å²) in [6.07, 6.45) is 3.39. The molecule has 4 rings (SSSR count). The normalized spacial score (nSPS) is 10.5. The van der Waals surface area contributed by atoms with Gasteiger partial charge in [-0.1, -0.05) is 11.6 Å². The van der Waals surface area contributed by atoms with E-state index in [9.17, 15) is 10.1 Å². The Bertz CT molecular complexity index is 1190. The number of fused-ring (bicyclic) bond motifs is 1. The Labute approximate surface area is 160 Å². The van der Waals surface area contributed by atoms with Crippen LogP contribution >= 0.6 is 11.3 Å². The first kappa shape index (κ1) is 16.9. The lowest BCUT2D eigenvalue weighted by molar-refractivity contribution is 0.102. The van der Waals surface area contributed by atoms with E-state index in [0.29, 0.717) is 21.8 Å². The zero-order chi connectivity index (χ0) is 18.8. The van der Waals surface area contributed by atoms with Crippen LogP contribution in [0.2, 0.25) is 0 Å². The molecular formula is C21H14N4OS. The molecule has 5 nitrogen and oxygen atoms in total. The first-order valence-corrected chi connectivity index (χ1v) is 9.14. The average Bonchev–Trinajstić information content (AvgIpc) is 3.15. The predicted molar refractivity (Wildman–Crippen MR) is 107 cm³/mol. The first-order chi connectivity index (χ1) is 13.2. The predicted octanol–water partition coefficient (Wildman–Crippen LogP) is 4.79. The van der Waals surface area contributed by atoms with Crippen molar-refractivity contribution in [3.8, 4) is 17.3 Å². The van der Waals surface area contributed by atoms with Gasteiger partial charge >= 0.3 is 0 Å². The van der Waals surface area contributed by atoms with Crippen LogP contribution < -0.4 is 5.32 Å². The van der Waals surface area contributed by atoms with Crippen LogP contribution in [0.25, 0.3) is 22.2 Å². The van der Waals surface area contributed by atoms with E-state index in [1.165, 1.54) is 11.3 Å². The van der Waals surface area contributed by atoms with Crippen molar-refractivity contribution < 1.29 is 4.79 Å². The van der Waals surface area contributed by atoms with E-state index < -0.39 is 0 Å². The van der Waals surface area contributed by atoms with Crippen molar-refractivity contribution in [1.29, 1.82) is 5.26 Å². The summed E-state index contributed by atoms with van der Waals surface area (Å²) in [6, 6.07) is 15.1. The third-order valence-electron chi connectivity index (χ3n) is 4.20. The lowest BCUT2D eigenvalue weighted by atomic mass is 10.0. The molecule has 1 N–H and O–H groups in total. The second-order valence-electron chi connectivity index (χ2n) is 6.04. The van der Waals surface area contributed by atoms with Crippen molar-refractivity contribution in [1.82, 2.24) is 9.97 Å². The Morgan fingerprint density at radius 1 is 1.15 bits per heavy atom. The minimum Gasteiger partial charge on any atom is -0.312 e. The SMILES string of the molecule is Cc1ccc2nc(-c3ccncc3)cc(C(=O)Nc3sccc3C#N)c2c1. The van der Waals surface area contributed by atoms with E-state index in [-0.39, 0.29) is 5.91 Å². The second-order valence-corrected chi connectivity index (χ2v) is 6.96. The fraction of sp³-hybridized carbons (Fsp3) is 0.0476. The van der Waals surface area contributed by atoms with Gasteiger partial charge in [-0.15, -0.1) is 11.3 Å². The largest absolute Gasteiger partial charge is 0.312 e. The van der Waals surface area contributed by atoms with Crippen molar-refractivity contribution in [2.24, 2.45) is 0 Å². The molecule has 0 bridgehead atoms. The van der Waals surface area contributed by atoms with E-state index in [0.717, 1.165) is 22.0 Å². The number of nitriles is 1. The van der Waals surface area contributed by atoms with Crippen LogP contribution in [0.15, 0.2) is 60.2 Å². The van der Waals surface area contributed by atoms with Crippen LogP contribution in [0.3, 0.4) is 0 Å². The number of carbonyl (C=O) groups is 1. The van der Waals surface area contributed by atoms with Crippen molar-refractivity contribution in [3.63, 3.8) is 0 Å². The van der Waals surface area contributed by atoms with Gasteiger partial charge in [0.05, 0.1) is 22.3 Å². The van der Waals surface area contributed by atoms with Gasteiger partial charge < -0.3 is 5.32 Å². The van der Waals surface area contributed by atoms with Gasteiger partial charge in [-0.2, -0.15) is 5.26 Å². The summed E-state index contributed by atoms with van der Waals surface area (Å²) in [5, 5.41) is 15.2. The Morgan fingerprint density at radius 3 is 2.74 bits per heavy atom. The van der Waals surface area contributed by atoms with Crippen LogP contribution in [-0.4, -0.2) is 15.9 Å². The number of benzene rings is 1. The van der Waals surface area contributed by atoms with Gasteiger partial charge in [0, 0.05) is 23.3 Å². The summed E-state index contributed by atoms with van der Waals surface area (Å²) in [6.45, 7) is 1.98. The van der Waals surface area contributed by atoms with E-state index in [2.05, 4.69) is 16.4 Å². The third-order valence-corrected chi connectivity index (χ3v) is 5.03. The van der Waals surface area contributed by atoms with Crippen LogP contribution in [-0.2, 0) is 0 Å². The minimum atomic E-state index is -0.262. The van der Waals surface area contributed by atoms with E-state index in [4.69, 9.17) is 4.98 Å². The maximum atomic E-state index is 13.0. The molecule has 0 aliphatic carbocycles. The summed E-state index contributed by atoms with van der Waals surface area (Å²) in [5.74, 6) is -0.262. The molecule has 3 aromatic heterocycles. The molecule has 130 valence electrons. The van der Waals surface area contributed by atoms with Crippen molar-refractivity contribution in [3.05, 3.63) is 76.9 Å². The monoisotopic (exact) mass is 370 g/mol. The summed E-state index contributed by atoms with van der Waals surface area (Å²) < 4.78 is 0. The fourth-order valence-electron chi connectivity index (χ4n) is 2.86. The Morgan fingerprint density at radius 2 is 1.96 bits per heavy atom. The number of amides is 1. The number of nitrogens with one attached hydrogen (secondary N) is 1. The quantitative estimate of drug-likeness (QED) is 0.562. The fourth-order valence-corrected chi connectivity index (χ4v) is 3.60. The van der Waals surface area contributed by atoms with Crippen molar-refractivity contribution in [2.45, 2.75) is 6.92 Å². The molecule has 1 aromatic carbocycles. The summed E-state index contributed by atoms with van der Waals surface area (Å²) in [7, 11) is 0. The molecule has 0 atom stereocenters. The van der Waals surface area contributed by atoms with Gasteiger partial charge in [-0.25, -0.2) is 4.98 Å². The Hall–Kier alpha value is -3.56. The molecule has 0 spiro atoms. The maximum Gasteiger partial charge on any atom is 0.257 e. The van der Waals surface area contributed by atoms with Gasteiger partial charge in [0.15, 0.2) is 0 Å². The molecule has 0 fully saturated rings. The second kappa shape index (κ2) is 6.98. The number of aryl methyl sites for hydroxylation is 1. The van der Waals surface area contributed by atoms with Crippen LogP contribution in [0, 0.1) is 18.3 Å².